The largest absolute Gasteiger partial charge is 0.524 e. The molecule has 0 unspecified atom stereocenters. The number of fused-ring (bicyclic) bond motifs is 2. The number of hydrazine groups is 1. The average Bonchev–Trinajstić information content (AvgIpc) is 3.56. The first-order valence-electron chi connectivity index (χ1n) is 19.4. The molecule has 4 heterocycles. The van der Waals surface area contributed by atoms with Crippen LogP contribution < -0.4 is 14.7 Å². The van der Waals surface area contributed by atoms with Gasteiger partial charge in [-0.3, -0.25) is 29.0 Å². The van der Waals surface area contributed by atoms with Crippen molar-refractivity contribution in [1.29, 1.82) is 0 Å². The lowest BCUT2D eigenvalue weighted by atomic mass is 9.97. The maximum Gasteiger partial charge on any atom is 0.524 e. The van der Waals surface area contributed by atoms with Crippen molar-refractivity contribution >= 4 is 53.9 Å². The van der Waals surface area contributed by atoms with Crippen LogP contribution in [0.3, 0.4) is 0 Å². The fraction of sp³-hybridized carbons (Fsp3) is 0.279. The highest BCUT2D eigenvalue weighted by Crippen LogP contribution is 2.38. The van der Waals surface area contributed by atoms with E-state index in [9.17, 15) is 33.5 Å². The SMILES string of the molecule is C=CCN1CC(=O)N2[C@@H](Cc3ccc(OP(=O)(O)O)cc3)C(=O)N(Cc3cccc4c(C(=O)Nc5ccc(N(C)C)nc5)cn(C)c34)C[C@@H]2N1C(=O)CCc1ccccc1. The Morgan fingerprint density at radius 3 is 2.42 bits per heavy atom. The van der Waals surface area contributed by atoms with Crippen LogP contribution in [0.5, 0.6) is 5.75 Å². The second kappa shape index (κ2) is 17.5. The van der Waals surface area contributed by atoms with E-state index in [1.807, 2.05) is 85.2 Å². The molecule has 0 radical (unpaired) electrons. The minimum atomic E-state index is -4.81. The molecule has 2 aromatic heterocycles. The monoisotopic (exact) mass is 834 g/mol. The Kier molecular flexibility index (Phi) is 12.2. The van der Waals surface area contributed by atoms with Gasteiger partial charge in [0.15, 0.2) is 0 Å². The smallest absolute Gasteiger partial charge is 0.404 e. The molecule has 2 saturated heterocycles. The number of hydrogen-bond acceptors (Lipinski definition) is 9. The van der Waals surface area contributed by atoms with Gasteiger partial charge in [0.05, 0.1) is 36.1 Å². The Balaban J connectivity index is 1.22. The van der Waals surface area contributed by atoms with Gasteiger partial charge in [0.2, 0.25) is 17.7 Å². The number of hydrogen-bond donors (Lipinski definition) is 3. The molecule has 16 nitrogen and oxygen atoms in total. The molecule has 3 N–H and O–H groups in total. The average molecular weight is 835 g/mol. The summed E-state index contributed by atoms with van der Waals surface area (Å²) in [4.78, 5) is 84.9. The van der Waals surface area contributed by atoms with Crippen molar-refractivity contribution in [1.82, 2.24) is 29.4 Å². The highest BCUT2D eigenvalue weighted by molar-refractivity contribution is 7.46. The maximum atomic E-state index is 14.8. The molecule has 0 bridgehead atoms. The number of nitrogens with one attached hydrogen (secondary N) is 1. The van der Waals surface area contributed by atoms with Gasteiger partial charge in [-0.15, -0.1) is 6.58 Å². The van der Waals surface area contributed by atoms with Crippen molar-refractivity contribution in [2.24, 2.45) is 7.05 Å². The molecule has 2 aliphatic rings. The minimum absolute atomic E-state index is 0.00491. The molecule has 2 atom stereocenters. The molecule has 2 aliphatic heterocycles. The van der Waals surface area contributed by atoms with Crippen LogP contribution in [0.25, 0.3) is 10.9 Å². The van der Waals surface area contributed by atoms with E-state index >= 15 is 0 Å². The number of nitrogens with zero attached hydrogens (tertiary/aromatic N) is 7. The summed E-state index contributed by atoms with van der Waals surface area (Å²) in [5.41, 5.74) is 4.03. The normalized spacial score (nSPS) is 17.1. The summed E-state index contributed by atoms with van der Waals surface area (Å²) in [5.74, 6) is -0.541. The van der Waals surface area contributed by atoms with Gasteiger partial charge in [-0.1, -0.05) is 66.7 Å². The fourth-order valence-electron chi connectivity index (χ4n) is 7.95. The third kappa shape index (κ3) is 9.11. The molecule has 4 amide bonds. The number of piperazine rings is 1. The number of carbonyl (C=O) groups is 4. The number of rotatable bonds is 14. The second-order valence-corrected chi connectivity index (χ2v) is 16.2. The minimum Gasteiger partial charge on any atom is -0.404 e. The number of pyridine rings is 1. The van der Waals surface area contributed by atoms with Crippen LogP contribution in [0.2, 0.25) is 0 Å². The lowest BCUT2D eigenvalue weighted by molar-refractivity contribution is -0.205. The topological polar surface area (TPSA) is 181 Å². The van der Waals surface area contributed by atoms with Crippen LogP contribution >= 0.6 is 7.82 Å². The summed E-state index contributed by atoms with van der Waals surface area (Å²) < 4.78 is 18.0. The summed E-state index contributed by atoms with van der Waals surface area (Å²) in [6, 6.07) is 23.7. The zero-order valence-electron chi connectivity index (χ0n) is 33.5. The maximum absolute atomic E-state index is 14.8. The van der Waals surface area contributed by atoms with Gasteiger partial charge in [0, 0.05) is 58.7 Å². The van der Waals surface area contributed by atoms with E-state index in [1.54, 1.807) is 51.6 Å². The number of aryl methyl sites for hydroxylation is 2. The summed E-state index contributed by atoms with van der Waals surface area (Å²) >= 11 is 0. The van der Waals surface area contributed by atoms with Gasteiger partial charge in [0.25, 0.3) is 5.91 Å². The Morgan fingerprint density at radius 1 is 1.00 bits per heavy atom. The number of amides is 4. The molecule has 3 aromatic carbocycles. The van der Waals surface area contributed by atoms with Crippen molar-refractivity contribution in [2.45, 2.75) is 38.0 Å². The molecule has 312 valence electrons. The lowest BCUT2D eigenvalue weighted by Crippen LogP contribution is -2.75. The van der Waals surface area contributed by atoms with E-state index in [-0.39, 0.29) is 68.4 Å². The first-order valence-corrected chi connectivity index (χ1v) is 20.9. The molecule has 60 heavy (non-hydrogen) atoms. The zero-order valence-corrected chi connectivity index (χ0v) is 34.4. The molecule has 0 spiro atoms. The predicted octanol–water partition coefficient (Wildman–Crippen LogP) is 4.35. The first kappa shape index (κ1) is 41.8. The van der Waals surface area contributed by atoms with E-state index in [0.717, 1.165) is 22.5 Å². The summed E-state index contributed by atoms with van der Waals surface area (Å²) in [7, 11) is 0.785. The third-order valence-electron chi connectivity index (χ3n) is 10.6. The van der Waals surface area contributed by atoms with Crippen LogP contribution in [0, 0.1) is 0 Å². The van der Waals surface area contributed by atoms with Crippen molar-refractivity contribution in [3.63, 3.8) is 0 Å². The Labute approximate surface area is 347 Å². The molecule has 2 fully saturated rings. The van der Waals surface area contributed by atoms with E-state index < -0.39 is 20.0 Å². The molecule has 5 aromatic rings. The number of anilines is 2. The highest BCUT2D eigenvalue weighted by atomic mass is 31.2. The van der Waals surface area contributed by atoms with E-state index in [2.05, 4.69) is 16.9 Å². The van der Waals surface area contributed by atoms with Crippen LogP contribution in [-0.2, 0) is 45.4 Å². The quantitative estimate of drug-likeness (QED) is 0.107. The molecule has 0 aliphatic carbocycles. The number of carbonyl (C=O) groups excluding carboxylic acids is 4. The zero-order chi connectivity index (χ0) is 42.7. The number of phosphoric acid groups is 1. The summed E-state index contributed by atoms with van der Waals surface area (Å²) in [6.45, 7) is 4.05. The Morgan fingerprint density at radius 2 is 1.75 bits per heavy atom. The van der Waals surface area contributed by atoms with Gasteiger partial charge in [-0.05, 0) is 47.4 Å². The van der Waals surface area contributed by atoms with Gasteiger partial charge in [-0.25, -0.2) is 19.6 Å². The van der Waals surface area contributed by atoms with Gasteiger partial charge in [-0.2, -0.15) is 0 Å². The number of benzene rings is 3. The first-order chi connectivity index (χ1) is 28.7. The standard InChI is InChI=1S/C43H47N8O8P/c1-5-22-49-28-40(53)50-36(23-30-14-18-33(19-15-30)59-60(56,57)58)43(55)48(27-38(50)51(49)39(52)21-16-29-10-7-6-8-11-29)25-31-12-9-13-34-35(26-47(4)41(31)34)42(54)45-32-17-20-37(44-24-32)46(2)3/h5-15,17-20,24,26,36,38H,1,16,21-23,25,27-28H2,2-4H3,(H,45,54)(H2,56,57,58)/t36-,38-/m0/s1. The van der Waals surface area contributed by atoms with Crippen molar-refractivity contribution in [3.05, 3.63) is 132 Å². The van der Waals surface area contributed by atoms with Gasteiger partial charge >= 0.3 is 7.82 Å². The third-order valence-corrected chi connectivity index (χ3v) is 11.1. The van der Waals surface area contributed by atoms with Gasteiger partial charge < -0.3 is 29.1 Å². The molecular formula is C43H47N8O8P. The van der Waals surface area contributed by atoms with E-state index in [4.69, 9.17) is 4.52 Å². The lowest BCUT2D eigenvalue weighted by Gasteiger charge is -2.55. The second-order valence-electron chi connectivity index (χ2n) is 15.0. The Bertz CT molecular complexity index is 2450. The Hall–Kier alpha value is -6.32. The molecule has 7 rings (SSSR count). The van der Waals surface area contributed by atoms with Crippen molar-refractivity contribution < 1.29 is 38.1 Å². The van der Waals surface area contributed by atoms with Crippen molar-refractivity contribution in [3.8, 4) is 5.75 Å². The highest BCUT2D eigenvalue weighted by Gasteiger charge is 2.51. The fourth-order valence-corrected chi connectivity index (χ4v) is 8.35. The summed E-state index contributed by atoms with van der Waals surface area (Å²) in [5, 5.41) is 6.88. The van der Waals surface area contributed by atoms with Crippen LogP contribution in [0.1, 0.15) is 33.5 Å². The summed E-state index contributed by atoms with van der Waals surface area (Å²) in [6.07, 6.45) is 4.77. The molecular weight excluding hydrogens is 787 g/mol. The van der Waals surface area contributed by atoms with E-state index in [0.29, 0.717) is 28.6 Å². The van der Waals surface area contributed by atoms with Gasteiger partial charge in [0.1, 0.15) is 23.8 Å². The predicted molar refractivity (Wildman–Crippen MR) is 225 cm³/mol. The van der Waals surface area contributed by atoms with Crippen LogP contribution in [0.15, 0.2) is 110 Å². The number of phosphoric ester groups is 1. The molecule has 0 saturated carbocycles. The molecule has 17 heteroatoms. The number of para-hydroxylation sites is 1. The van der Waals surface area contributed by atoms with Crippen molar-refractivity contribution in [2.75, 3.05) is 43.9 Å². The van der Waals surface area contributed by atoms with E-state index in [1.165, 1.54) is 17.0 Å². The number of aromatic nitrogens is 2. The van der Waals surface area contributed by atoms with Crippen LogP contribution in [-0.4, -0.2) is 109 Å². The van der Waals surface area contributed by atoms with Crippen LogP contribution in [0.4, 0.5) is 11.5 Å².